The van der Waals surface area contributed by atoms with Gasteiger partial charge in [0.1, 0.15) is 24.4 Å². The van der Waals surface area contributed by atoms with E-state index >= 15 is 0 Å². The summed E-state index contributed by atoms with van der Waals surface area (Å²) < 4.78 is 0. The molecule has 4 unspecified atom stereocenters. The van der Waals surface area contributed by atoms with E-state index in [0.29, 0.717) is 0 Å². The van der Waals surface area contributed by atoms with Gasteiger partial charge in [0.15, 0.2) is 6.29 Å². The maximum atomic E-state index is 9.90. The van der Waals surface area contributed by atoms with E-state index in [-0.39, 0.29) is 6.29 Å². The Labute approximate surface area is 172 Å². The predicted molar refractivity (Wildman–Crippen MR) is 113 cm³/mol. The Morgan fingerprint density at radius 3 is 1.18 bits per heavy atom. The molecule has 0 aliphatic carbocycles. The molecule has 28 heavy (non-hydrogen) atoms. The summed E-state index contributed by atoms with van der Waals surface area (Å²) in [5, 5.41) is 43.5. The number of carbonyl (C=O) groups excluding carboxylic acids is 1. The van der Waals surface area contributed by atoms with Gasteiger partial charge < -0.3 is 30.3 Å². The molecule has 0 aromatic carbocycles. The summed E-state index contributed by atoms with van der Waals surface area (Å²) in [5.41, 5.74) is 0. The third-order valence-corrected chi connectivity index (χ3v) is 4.88. The van der Waals surface area contributed by atoms with Gasteiger partial charge >= 0.3 is 0 Å². The van der Waals surface area contributed by atoms with Crippen LogP contribution in [0.25, 0.3) is 0 Å². The van der Waals surface area contributed by atoms with Crippen LogP contribution in [-0.4, -0.2) is 62.8 Å². The van der Waals surface area contributed by atoms with E-state index in [4.69, 9.17) is 25.5 Å². The molecule has 0 rings (SSSR count). The highest BCUT2D eigenvalue weighted by atomic mass is 16.4. The summed E-state index contributed by atoms with van der Waals surface area (Å²) in [6, 6.07) is 0. The lowest BCUT2D eigenvalue weighted by molar-refractivity contribution is -0.136. The average molecular weight is 407 g/mol. The zero-order valence-electron chi connectivity index (χ0n) is 18.1. The Morgan fingerprint density at radius 2 is 0.929 bits per heavy atom. The van der Waals surface area contributed by atoms with E-state index in [9.17, 15) is 4.79 Å². The van der Waals surface area contributed by atoms with Gasteiger partial charge in [0.25, 0.3) is 0 Å². The molecule has 0 aromatic rings. The third kappa shape index (κ3) is 18.8. The molecule has 170 valence electrons. The highest BCUT2D eigenvalue weighted by Gasteiger charge is 2.29. The van der Waals surface area contributed by atoms with Gasteiger partial charge in [-0.3, -0.25) is 0 Å². The summed E-state index contributed by atoms with van der Waals surface area (Å²) >= 11 is 0. The van der Waals surface area contributed by atoms with Gasteiger partial charge in [0.05, 0.1) is 6.61 Å². The largest absolute Gasteiger partial charge is 0.394 e. The lowest BCUT2D eigenvalue weighted by atomic mass is 10.0. The molecule has 0 saturated heterocycles. The number of hydrogen-bond donors (Lipinski definition) is 5. The minimum Gasteiger partial charge on any atom is -0.394 e. The number of hydrogen-bond acceptors (Lipinski definition) is 6. The van der Waals surface area contributed by atoms with Gasteiger partial charge in [0, 0.05) is 0 Å². The van der Waals surface area contributed by atoms with Crippen molar-refractivity contribution in [2.45, 2.75) is 128 Å². The zero-order valence-corrected chi connectivity index (χ0v) is 18.1. The van der Waals surface area contributed by atoms with Crippen LogP contribution < -0.4 is 0 Å². The Balaban J connectivity index is 0. The number of aldehydes is 1. The fourth-order valence-corrected chi connectivity index (χ4v) is 2.89. The minimum absolute atomic E-state index is 0.0258. The second-order valence-corrected chi connectivity index (χ2v) is 7.60. The van der Waals surface area contributed by atoms with Crippen molar-refractivity contribution in [1.29, 1.82) is 0 Å². The number of aliphatic hydroxyl groups excluding tert-OH is 5. The van der Waals surface area contributed by atoms with Gasteiger partial charge in [-0.25, -0.2) is 0 Å². The molecular weight excluding hydrogens is 360 g/mol. The maximum absolute atomic E-state index is 9.90. The predicted octanol–water partition coefficient (Wildman–Crippen LogP) is 3.11. The fourth-order valence-electron chi connectivity index (χ4n) is 2.89. The SMILES string of the molecule is CCCCCCCCCCCCCCCC.O=CC(O)C(O)C(O)C(O)CO. The van der Waals surface area contributed by atoms with Crippen LogP contribution in [-0.2, 0) is 4.79 Å². The van der Waals surface area contributed by atoms with Crippen LogP contribution in [0.3, 0.4) is 0 Å². The summed E-state index contributed by atoms with van der Waals surface area (Å²) in [5.74, 6) is 0. The van der Waals surface area contributed by atoms with Crippen molar-refractivity contribution in [3.05, 3.63) is 0 Å². The molecule has 4 atom stereocenters. The first kappa shape index (κ1) is 29.7. The van der Waals surface area contributed by atoms with E-state index in [2.05, 4.69) is 13.8 Å². The number of carbonyl (C=O) groups is 1. The van der Waals surface area contributed by atoms with Crippen molar-refractivity contribution in [3.63, 3.8) is 0 Å². The van der Waals surface area contributed by atoms with Crippen LogP contribution in [0, 0.1) is 0 Å². The molecule has 0 radical (unpaired) electrons. The molecule has 0 heterocycles. The molecule has 0 bridgehead atoms. The Kier molecular flexibility index (Phi) is 24.1. The number of unbranched alkanes of at least 4 members (excludes halogenated alkanes) is 13. The molecule has 0 saturated carbocycles. The lowest BCUT2D eigenvalue weighted by Gasteiger charge is -2.22. The third-order valence-electron chi connectivity index (χ3n) is 4.88. The van der Waals surface area contributed by atoms with Crippen molar-refractivity contribution >= 4 is 6.29 Å². The molecule has 0 amide bonds. The van der Waals surface area contributed by atoms with Crippen molar-refractivity contribution in [2.24, 2.45) is 0 Å². The Bertz CT molecular complexity index is 299. The van der Waals surface area contributed by atoms with Gasteiger partial charge in [-0.15, -0.1) is 0 Å². The summed E-state index contributed by atoms with van der Waals surface area (Å²) in [4.78, 5) is 9.90. The standard InChI is InChI=1S/C16H34.C6H12O6/c1-3-5-7-9-11-13-15-16-14-12-10-8-6-4-2;7-1-3(9)5(11)6(12)4(10)2-8/h3-16H2,1-2H3;1,3-6,8-12H,2H2. The van der Waals surface area contributed by atoms with Crippen LogP contribution in [0.4, 0.5) is 0 Å². The molecule has 0 fully saturated rings. The van der Waals surface area contributed by atoms with E-state index in [1.807, 2.05) is 0 Å². The summed E-state index contributed by atoms with van der Waals surface area (Å²) in [6.07, 6.45) is 13.6. The molecular formula is C22H46O6. The fraction of sp³-hybridized carbons (Fsp3) is 0.955. The van der Waals surface area contributed by atoms with Crippen molar-refractivity contribution in [1.82, 2.24) is 0 Å². The normalized spacial score (nSPS) is 15.2. The Morgan fingerprint density at radius 1 is 0.607 bits per heavy atom. The van der Waals surface area contributed by atoms with Crippen molar-refractivity contribution < 1.29 is 30.3 Å². The average Bonchev–Trinajstić information content (AvgIpc) is 2.72. The summed E-state index contributed by atoms with van der Waals surface area (Å²) in [6.45, 7) is 3.82. The van der Waals surface area contributed by atoms with Crippen LogP contribution in [0.15, 0.2) is 0 Å². The zero-order chi connectivity index (χ0) is 21.6. The van der Waals surface area contributed by atoms with Crippen LogP contribution in [0.2, 0.25) is 0 Å². The van der Waals surface area contributed by atoms with E-state index in [0.717, 1.165) is 0 Å². The highest BCUT2D eigenvalue weighted by molar-refractivity contribution is 5.56. The quantitative estimate of drug-likeness (QED) is 0.176. The van der Waals surface area contributed by atoms with Crippen LogP contribution >= 0.6 is 0 Å². The topological polar surface area (TPSA) is 118 Å². The first-order valence-corrected chi connectivity index (χ1v) is 11.2. The van der Waals surface area contributed by atoms with Gasteiger partial charge in [0.2, 0.25) is 0 Å². The lowest BCUT2D eigenvalue weighted by Crippen LogP contribution is -2.46. The highest BCUT2D eigenvalue weighted by Crippen LogP contribution is 2.12. The van der Waals surface area contributed by atoms with Gasteiger partial charge in [-0.2, -0.15) is 0 Å². The Hall–Kier alpha value is -0.530. The van der Waals surface area contributed by atoms with Crippen molar-refractivity contribution in [2.75, 3.05) is 6.61 Å². The van der Waals surface area contributed by atoms with Crippen LogP contribution in [0.5, 0.6) is 0 Å². The first-order chi connectivity index (χ1) is 13.5. The first-order valence-electron chi connectivity index (χ1n) is 11.2. The second-order valence-electron chi connectivity index (χ2n) is 7.60. The number of aliphatic hydroxyl groups is 5. The van der Waals surface area contributed by atoms with E-state index in [1.165, 1.54) is 89.9 Å². The van der Waals surface area contributed by atoms with E-state index < -0.39 is 31.0 Å². The number of rotatable bonds is 18. The molecule has 0 aliphatic rings. The molecule has 6 heteroatoms. The smallest absolute Gasteiger partial charge is 0.151 e. The van der Waals surface area contributed by atoms with Crippen LogP contribution in [0.1, 0.15) is 104 Å². The molecule has 0 aromatic heterocycles. The molecule has 0 aliphatic heterocycles. The second kappa shape index (κ2) is 22.8. The van der Waals surface area contributed by atoms with Gasteiger partial charge in [-0.05, 0) is 0 Å². The van der Waals surface area contributed by atoms with Gasteiger partial charge in [-0.1, -0.05) is 104 Å². The minimum atomic E-state index is -1.79. The molecule has 0 spiro atoms. The monoisotopic (exact) mass is 406 g/mol. The maximum Gasteiger partial charge on any atom is 0.151 e. The molecule has 5 N–H and O–H groups in total. The molecule has 6 nitrogen and oxygen atoms in total. The van der Waals surface area contributed by atoms with E-state index in [1.54, 1.807) is 0 Å². The van der Waals surface area contributed by atoms with Crippen molar-refractivity contribution in [3.8, 4) is 0 Å². The summed E-state index contributed by atoms with van der Waals surface area (Å²) in [7, 11) is 0.